The molecule has 2 nitrogen and oxygen atoms in total. The van der Waals surface area contributed by atoms with Crippen molar-refractivity contribution >= 4 is 0 Å². The summed E-state index contributed by atoms with van der Waals surface area (Å²) in [5.74, 6) is 1.71. The zero-order valence-electron chi connectivity index (χ0n) is 11.5. The first-order chi connectivity index (χ1) is 8.21. The molecule has 0 aliphatic rings. The van der Waals surface area contributed by atoms with Gasteiger partial charge in [-0.2, -0.15) is 0 Å². The number of hydrogen-bond donors (Lipinski definition) is 1. The number of benzene rings is 1. The summed E-state index contributed by atoms with van der Waals surface area (Å²) in [5.41, 5.74) is 1.32. The van der Waals surface area contributed by atoms with Crippen molar-refractivity contribution in [2.45, 2.75) is 39.7 Å². The highest BCUT2D eigenvalue weighted by Gasteiger charge is 2.08. The topological polar surface area (TPSA) is 21.3 Å². The van der Waals surface area contributed by atoms with Gasteiger partial charge in [-0.25, -0.2) is 0 Å². The average Bonchev–Trinajstić information content (AvgIpc) is 2.39. The molecule has 0 radical (unpaired) electrons. The van der Waals surface area contributed by atoms with Gasteiger partial charge >= 0.3 is 0 Å². The Balaban J connectivity index is 2.48. The standard InChI is InChI=1S/C15H25NO/c1-5-13(6-2)11-16-12(3)14-7-9-15(17-4)10-8-14/h7-10,12-13,16H,5-6,11H2,1-4H3. The third kappa shape index (κ3) is 4.39. The van der Waals surface area contributed by atoms with E-state index in [0.29, 0.717) is 6.04 Å². The van der Waals surface area contributed by atoms with Crippen LogP contribution in [0.1, 0.15) is 45.2 Å². The molecule has 0 spiro atoms. The van der Waals surface area contributed by atoms with Crippen molar-refractivity contribution in [3.8, 4) is 5.75 Å². The lowest BCUT2D eigenvalue weighted by atomic mass is 10.0. The van der Waals surface area contributed by atoms with Gasteiger partial charge in [0.2, 0.25) is 0 Å². The quantitative estimate of drug-likeness (QED) is 0.776. The Morgan fingerprint density at radius 1 is 1.12 bits per heavy atom. The number of ether oxygens (including phenoxy) is 1. The van der Waals surface area contributed by atoms with Crippen LogP contribution in [0.5, 0.6) is 5.75 Å². The summed E-state index contributed by atoms with van der Waals surface area (Å²) >= 11 is 0. The summed E-state index contributed by atoms with van der Waals surface area (Å²) in [6, 6.07) is 8.70. The molecule has 0 bridgehead atoms. The normalized spacial score (nSPS) is 12.8. The third-order valence-electron chi connectivity index (χ3n) is 3.48. The Hall–Kier alpha value is -1.02. The van der Waals surface area contributed by atoms with E-state index in [0.717, 1.165) is 18.2 Å². The van der Waals surface area contributed by atoms with E-state index in [2.05, 4.69) is 38.2 Å². The molecule has 2 heteroatoms. The minimum absolute atomic E-state index is 0.404. The lowest BCUT2D eigenvalue weighted by Crippen LogP contribution is -2.25. The van der Waals surface area contributed by atoms with Crippen molar-refractivity contribution in [2.75, 3.05) is 13.7 Å². The predicted molar refractivity (Wildman–Crippen MR) is 73.5 cm³/mol. The highest BCUT2D eigenvalue weighted by atomic mass is 16.5. The Kier molecular flexibility index (Phi) is 6.06. The second-order valence-electron chi connectivity index (χ2n) is 4.59. The van der Waals surface area contributed by atoms with E-state index in [9.17, 15) is 0 Å². The first-order valence-corrected chi connectivity index (χ1v) is 6.58. The molecular formula is C15H25NO. The lowest BCUT2D eigenvalue weighted by molar-refractivity contribution is 0.412. The predicted octanol–water partition coefficient (Wildman–Crippen LogP) is 3.78. The van der Waals surface area contributed by atoms with Gasteiger partial charge in [-0.05, 0) is 37.1 Å². The molecule has 1 unspecified atom stereocenters. The first-order valence-electron chi connectivity index (χ1n) is 6.58. The van der Waals surface area contributed by atoms with Crippen LogP contribution in [-0.4, -0.2) is 13.7 Å². The van der Waals surface area contributed by atoms with Gasteiger partial charge in [-0.15, -0.1) is 0 Å². The van der Waals surface area contributed by atoms with Crippen LogP contribution in [-0.2, 0) is 0 Å². The van der Waals surface area contributed by atoms with Crippen molar-refractivity contribution in [2.24, 2.45) is 5.92 Å². The van der Waals surface area contributed by atoms with E-state index in [4.69, 9.17) is 4.74 Å². The fourth-order valence-electron chi connectivity index (χ4n) is 1.93. The molecule has 0 aliphatic carbocycles. The zero-order valence-corrected chi connectivity index (χ0v) is 11.5. The summed E-state index contributed by atoms with van der Waals surface area (Å²) in [5, 5.41) is 3.60. The summed E-state index contributed by atoms with van der Waals surface area (Å²) in [4.78, 5) is 0. The van der Waals surface area contributed by atoms with Crippen molar-refractivity contribution in [1.29, 1.82) is 0 Å². The maximum absolute atomic E-state index is 5.16. The highest BCUT2D eigenvalue weighted by Crippen LogP contribution is 2.18. The maximum Gasteiger partial charge on any atom is 0.118 e. The molecule has 17 heavy (non-hydrogen) atoms. The van der Waals surface area contributed by atoms with Crippen LogP contribution >= 0.6 is 0 Å². The molecule has 1 aromatic rings. The molecule has 1 atom stereocenters. The molecule has 1 rings (SSSR count). The van der Waals surface area contributed by atoms with Crippen molar-refractivity contribution < 1.29 is 4.74 Å². The summed E-state index contributed by atoms with van der Waals surface area (Å²) < 4.78 is 5.16. The van der Waals surface area contributed by atoms with E-state index in [1.807, 2.05) is 12.1 Å². The molecule has 0 saturated heterocycles. The van der Waals surface area contributed by atoms with Gasteiger partial charge in [-0.1, -0.05) is 38.8 Å². The minimum Gasteiger partial charge on any atom is -0.497 e. The Morgan fingerprint density at radius 3 is 2.18 bits per heavy atom. The zero-order chi connectivity index (χ0) is 12.7. The Morgan fingerprint density at radius 2 is 1.71 bits per heavy atom. The monoisotopic (exact) mass is 235 g/mol. The maximum atomic E-state index is 5.16. The first kappa shape index (κ1) is 14.0. The molecule has 0 fully saturated rings. The van der Waals surface area contributed by atoms with E-state index in [1.165, 1.54) is 18.4 Å². The van der Waals surface area contributed by atoms with Crippen molar-refractivity contribution in [1.82, 2.24) is 5.32 Å². The fourth-order valence-corrected chi connectivity index (χ4v) is 1.93. The second kappa shape index (κ2) is 7.33. The second-order valence-corrected chi connectivity index (χ2v) is 4.59. The summed E-state index contributed by atoms with van der Waals surface area (Å²) in [6.07, 6.45) is 2.50. The van der Waals surface area contributed by atoms with Crippen LogP contribution < -0.4 is 10.1 Å². The fraction of sp³-hybridized carbons (Fsp3) is 0.600. The van der Waals surface area contributed by atoms with Gasteiger partial charge < -0.3 is 10.1 Å². The molecule has 0 heterocycles. The summed E-state index contributed by atoms with van der Waals surface area (Å²) in [6.45, 7) is 7.83. The third-order valence-corrected chi connectivity index (χ3v) is 3.48. The summed E-state index contributed by atoms with van der Waals surface area (Å²) in [7, 11) is 1.70. The van der Waals surface area contributed by atoms with E-state index < -0.39 is 0 Å². The number of rotatable bonds is 7. The number of nitrogens with one attached hydrogen (secondary N) is 1. The smallest absolute Gasteiger partial charge is 0.118 e. The molecule has 0 saturated carbocycles. The number of methoxy groups -OCH3 is 1. The largest absolute Gasteiger partial charge is 0.497 e. The van der Waals surface area contributed by atoms with Crippen LogP contribution in [0.4, 0.5) is 0 Å². The van der Waals surface area contributed by atoms with Crippen LogP contribution in [0.3, 0.4) is 0 Å². The van der Waals surface area contributed by atoms with E-state index in [1.54, 1.807) is 7.11 Å². The van der Waals surface area contributed by atoms with Gasteiger partial charge in [0, 0.05) is 6.04 Å². The van der Waals surface area contributed by atoms with E-state index in [-0.39, 0.29) is 0 Å². The average molecular weight is 235 g/mol. The molecule has 0 aliphatic heterocycles. The molecule has 0 amide bonds. The van der Waals surface area contributed by atoms with E-state index >= 15 is 0 Å². The van der Waals surface area contributed by atoms with Crippen molar-refractivity contribution in [3.05, 3.63) is 29.8 Å². The van der Waals surface area contributed by atoms with Gasteiger partial charge in [0.1, 0.15) is 5.75 Å². The molecular weight excluding hydrogens is 210 g/mol. The molecule has 1 N–H and O–H groups in total. The molecule has 1 aromatic carbocycles. The SMILES string of the molecule is CCC(CC)CNC(C)c1ccc(OC)cc1. The molecule has 0 aromatic heterocycles. The molecule has 96 valence electrons. The van der Waals surface area contributed by atoms with Gasteiger partial charge in [0.05, 0.1) is 7.11 Å². The van der Waals surface area contributed by atoms with Crippen LogP contribution in [0.25, 0.3) is 0 Å². The van der Waals surface area contributed by atoms with Crippen molar-refractivity contribution in [3.63, 3.8) is 0 Å². The van der Waals surface area contributed by atoms with Crippen LogP contribution in [0, 0.1) is 5.92 Å². The van der Waals surface area contributed by atoms with Crippen LogP contribution in [0.15, 0.2) is 24.3 Å². The lowest BCUT2D eigenvalue weighted by Gasteiger charge is -2.19. The Labute approximate surface area is 105 Å². The van der Waals surface area contributed by atoms with Crippen LogP contribution in [0.2, 0.25) is 0 Å². The Bertz CT molecular complexity index is 303. The van der Waals surface area contributed by atoms with Gasteiger partial charge in [0.15, 0.2) is 0 Å². The van der Waals surface area contributed by atoms with Gasteiger partial charge in [-0.3, -0.25) is 0 Å². The minimum atomic E-state index is 0.404. The highest BCUT2D eigenvalue weighted by molar-refractivity contribution is 5.28. The van der Waals surface area contributed by atoms with Gasteiger partial charge in [0.25, 0.3) is 0 Å². The number of hydrogen-bond acceptors (Lipinski definition) is 2.